The molecule has 1 amide bonds. The van der Waals surface area contributed by atoms with Gasteiger partial charge >= 0.3 is 0 Å². The lowest BCUT2D eigenvalue weighted by Crippen LogP contribution is -2.26. The molecule has 0 bridgehead atoms. The first-order valence-corrected chi connectivity index (χ1v) is 7.49. The smallest absolute Gasteiger partial charge is 0.253 e. The van der Waals surface area contributed by atoms with Crippen LogP contribution < -0.4 is 11.1 Å². The minimum absolute atomic E-state index is 0.117. The second-order valence-corrected chi connectivity index (χ2v) is 6.05. The van der Waals surface area contributed by atoms with Crippen LogP contribution in [0.25, 0.3) is 0 Å². The summed E-state index contributed by atoms with van der Waals surface area (Å²) in [5, 5.41) is 2.91. The van der Waals surface area contributed by atoms with Gasteiger partial charge in [-0.05, 0) is 25.1 Å². The van der Waals surface area contributed by atoms with Crippen molar-refractivity contribution in [3.05, 3.63) is 50.9 Å². The second kappa shape index (κ2) is 7.23. The monoisotopic (exact) mass is 319 g/mol. The highest BCUT2D eigenvalue weighted by molar-refractivity contribution is 7.16. The number of pyridine rings is 1. The van der Waals surface area contributed by atoms with Crippen LogP contribution >= 0.6 is 22.9 Å². The first-order valence-electron chi connectivity index (χ1n) is 6.30. The fraction of sp³-hybridized carbons (Fsp3) is 0.200. The summed E-state index contributed by atoms with van der Waals surface area (Å²) in [7, 11) is 0. The molecule has 0 saturated heterocycles. The van der Waals surface area contributed by atoms with E-state index in [1.165, 1.54) is 17.5 Å². The van der Waals surface area contributed by atoms with E-state index < -0.39 is 0 Å². The third-order valence-electron chi connectivity index (χ3n) is 2.70. The summed E-state index contributed by atoms with van der Waals surface area (Å²) in [6, 6.07) is 5.29. The first kappa shape index (κ1) is 15.5. The Morgan fingerprint density at radius 3 is 3.00 bits per heavy atom. The number of hydrogen-bond donors (Lipinski definition) is 2. The number of nitrogens with one attached hydrogen (secondary N) is 1. The quantitative estimate of drug-likeness (QED) is 0.854. The maximum absolute atomic E-state index is 12.2. The molecule has 4 nitrogen and oxygen atoms in total. The highest BCUT2D eigenvalue weighted by Crippen LogP contribution is 2.26. The fourth-order valence-corrected chi connectivity index (χ4v) is 2.76. The van der Waals surface area contributed by atoms with Crippen LogP contribution in [0.15, 0.2) is 30.6 Å². The molecule has 108 valence electrons. The van der Waals surface area contributed by atoms with E-state index in [4.69, 9.17) is 17.3 Å². The summed E-state index contributed by atoms with van der Waals surface area (Å²) in [6.07, 6.45) is 3.11. The number of carbonyl (C=O) groups is 1. The van der Waals surface area contributed by atoms with Gasteiger partial charge in [0, 0.05) is 22.8 Å². The maximum atomic E-state index is 12.2. The van der Waals surface area contributed by atoms with Crippen molar-refractivity contribution in [2.24, 2.45) is 5.73 Å². The average Bonchev–Trinajstić information content (AvgIpc) is 2.92. The standard InChI is InChI=1S/C15H14ClN3OS/c1-10(13-4-5-14(16)21-13)19-15(20)12-7-11(3-2-6-17)8-18-9-12/h4-5,7-10H,6,17H2,1H3,(H,19,20). The van der Waals surface area contributed by atoms with Crippen LogP contribution in [0, 0.1) is 11.8 Å². The van der Waals surface area contributed by atoms with Gasteiger partial charge in [-0.2, -0.15) is 0 Å². The van der Waals surface area contributed by atoms with Gasteiger partial charge in [-0.25, -0.2) is 0 Å². The Hall–Kier alpha value is -1.87. The van der Waals surface area contributed by atoms with Crippen molar-refractivity contribution in [2.75, 3.05) is 6.54 Å². The van der Waals surface area contributed by atoms with Crippen molar-refractivity contribution in [1.82, 2.24) is 10.3 Å². The number of amides is 1. The Balaban J connectivity index is 2.09. The number of halogens is 1. The number of nitrogens with zero attached hydrogens (tertiary/aromatic N) is 1. The molecule has 0 aliphatic carbocycles. The van der Waals surface area contributed by atoms with E-state index in [2.05, 4.69) is 22.1 Å². The molecule has 2 aromatic heterocycles. The summed E-state index contributed by atoms with van der Waals surface area (Å²) in [5.74, 6) is 5.39. The van der Waals surface area contributed by atoms with Crippen molar-refractivity contribution < 1.29 is 4.79 Å². The van der Waals surface area contributed by atoms with Gasteiger partial charge < -0.3 is 11.1 Å². The molecule has 0 spiro atoms. The van der Waals surface area contributed by atoms with Gasteiger partial charge in [0.2, 0.25) is 0 Å². The number of nitrogens with two attached hydrogens (primary N) is 1. The predicted molar refractivity (Wildman–Crippen MR) is 85.4 cm³/mol. The molecule has 1 atom stereocenters. The van der Waals surface area contributed by atoms with Gasteiger partial charge in [-0.3, -0.25) is 9.78 Å². The van der Waals surface area contributed by atoms with Gasteiger partial charge in [-0.1, -0.05) is 23.4 Å². The lowest BCUT2D eigenvalue weighted by Gasteiger charge is -2.12. The van der Waals surface area contributed by atoms with E-state index in [0.29, 0.717) is 15.5 Å². The molecular formula is C15H14ClN3OS. The van der Waals surface area contributed by atoms with E-state index in [1.807, 2.05) is 19.1 Å². The molecule has 0 radical (unpaired) electrons. The van der Waals surface area contributed by atoms with Crippen molar-refractivity contribution in [1.29, 1.82) is 0 Å². The van der Waals surface area contributed by atoms with Crippen LogP contribution in [-0.2, 0) is 0 Å². The average molecular weight is 320 g/mol. The van der Waals surface area contributed by atoms with E-state index in [0.717, 1.165) is 4.88 Å². The SMILES string of the molecule is CC(NC(=O)c1cncc(C#CCN)c1)c1ccc(Cl)s1. The number of hydrogen-bond acceptors (Lipinski definition) is 4. The number of carbonyl (C=O) groups excluding carboxylic acids is 1. The molecule has 1 unspecified atom stereocenters. The Morgan fingerprint density at radius 1 is 1.52 bits per heavy atom. The van der Waals surface area contributed by atoms with Crippen LogP contribution in [0.3, 0.4) is 0 Å². The molecule has 6 heteroatoms. The topological polar surface area (TPSA) is 68.0 Å². The third-order valence-corrected chi connectivity index (χ3v) is 4.12. The third kappa shape index (κ3) is 4.30. The van der Waals surface area contributed by atoms with E-state index in [-0.39, 0.29) is 18.5 Å². The number of aromatic nitrogens is 1. The van der Waals surface area contributed by atoms with Gasteiger partial charge in [0.1, 0.15) is 0 Å². The summed E-state index contributed by atoms with van der Waals surface area (Å²) < 4.78 is 0.701. The summed E-state index contributed by atoms with van der Waals surface area (Å²) in [6.45, 7) is 2.18. The summed E-state index contributed by atoms with van der Waals surface area (Å²) in [4.78, 5) is 17.2. The summed E-state index contributed by atoms with van der Waals surface area (Å²) >= 11 is 7.34. The normalized spacial score (nSPS) is 11.4. The highest BCUT2D eigenvalue weighted by atomic mass is 35.5. The maximum Gasteiger partial charge on any atom is 0.253 e. The van der Waals surface area contributed by atoms with Crippen molar-refractivity contribution >= 4 is 28.8 Å². The zero-order valence-corrected chi connectivity index (χ0v) is 13.0. The van der Waals surface area contributed by atoms with E-state index >= 15 is 0 Å². The zero-order chi connectivity index (χ0) is 15.2. The number of thiophene rings is 1. The van der Waals surface area contributed by atoms with Crippen LogP contribution in [-0.4, -0.2) is 17.4 Å². The fourth-order valence-electron chi connectivity index (χ4n) is 1.70. The predicted octanol–water partition coefficient (Wildman–Crippen LogP) is 2.60. The van der Waals surface area contributed by atoms with E-state index in [9.17, 15) is 4.79 Å². The second-order valence-electron chi connectivity index (χ2n) is 4.31. The van der Waals surface area contributed by atoms with Crippen molar-refractivity contribution in [3.63, 3.8) is 0 Å². The molecule has 2 aromatic rings. The van der Waals surface area contributed by atoms with Crippen LogP contribution in [0.2, 0.25) is 4.34 Å². The van der Waals surface area contributed by atoms with Gasteiger partial charge in [0.25, 0.3) is 5.91 Å². The Kier molecular flexibility index (Phi) is 5.34. The molecule has 0 aliphatic heterocycles. The van der Waals surface area contributed by atoms with Crippen molar-refractivity contribution in [2.45, 2.75) is 13.0 Å². The molecule has 21 heavy (non-hydrogen) atoms. The Labute approximate surface area is 132 Å². The van der Waals surface area contributed by atoms with Crippen LogP contribution in [0.5, 0.6) is 0 Å². The highest BCUT2D eigenvalue weighted by Gasteiger charge is 2.13. The minimum atomic E-state index is -0.198. The molecule has 0 saturated carbocycles. The Morgan fingerprint density at radius 2 is 2.33 bits per heavy atom. The molecule has 3 N–H and O–H groups in total. The summed E-state index contributed by atoms with van der Waals surface area (Å²) in [5.41, 5.74) is 6.46. The van der Waals surface area contributed by atoms with Gasteiger partial charge in [0.15, 0.2) is 0 Å². The number of rotatable bonds is 3. The molecule has 2 heterocycles. The molecule has 2 rings (SSSR count). The largest absolute Gasteiger partial charge is 0.345 e. The van der Waals surface area contributed by atoms with Crippen LogP contribution in [0.4, 0.5) is 0 Å². The first-order chi connectivity index (χ1) is 10.1. The zero-order valence-electron chi connectivity index (χ0n) is 11.4. The van der Waals surface area contributed by atoms with Gasteiger partial charge in [-0.15, -0.1) is 11.3 Å². The van der Waals surface area contributed by atoms with Crippen LogP contribution in [0.1, 0.15) is 33.8 Å². The van der Waals surface area contributed by atoms with E-state index in [1.54, 1.807) is 12.3 Å². The Bertz CT molecular complexity index is 702. The molecule has 0 fully saturated rings. The lowest BCUT2D eigenvalue weighted by atomic mass is 10.2. The molecule has 0 aliphatic rings. The van der Waals surface area contributed by atoms with Crippen molar-refractivity contribution in [3.8, 4) is 11.8 Å². The molecular weight excluding hydrogens is 306 g/mol. The lowest BCUT2D eigenvalue weighted by molar-refractivity contribution is 0.0940. The molecule has 0 aromatic carbocycles. The minimum Gasteiger partial charge on any atom is -0.345 e. The van der Waals surface area contributed by atoms with Gasteiger partial charge in [0.05, 0.1) is 22.5 Å².